The molecule has 28 heavy (non-hydrogen) atoms. The lowest BCUT2D eigenvalue weighted by Crippen LogP contribution is -1.99. The standard InChI is InChI=1S/C12H9N5O.C8H10.CH5N/c13-10-5-8(7-18)6-11-15-12(16-17(10)11)9-3-1-2-4-14-9;1-2-8-6-4-3-5-7-8;1-2/h1-7H,13H2;3-7H,2H2,1H3;2H2,1H3. The number of hydrogen-bond donors (Lipinski definition) is 2. The summed E-state index contributed by atoms with van der Waals surface area (Å²) in [6, 6.07) is 19.1. The Balaban J connectivity index is 0.000000236. The van der Waals surface area contributed by atoms with Gasteiger partial charge in [0.05, 0.1) is 0 Å². The summed E-state index contributed by atoms with van der Waals surface area (Å²) in [7, 11) is 1.50. The Morgan fingerprint density at radius 1 is 1.04 bits per heavy atom. The third-order valence-electron chi connectivity index (χ3n) is 3.77. The molecule has 0 unspecified atom stereocenters. The predicted octanol–water partition coefficient (Wildman–Crippen LogP) is 3.01. The molecule has 0 saturated carbocycles. The van der Waals surface area contributed by atoms with Gasteiger partial charge in [0.2, 0.25) is 5.82 Å². The van der Waals surface area contributed by atoms with Crippen LogP contribution in [0.4, 0.5) is 5.82 Å². The summed E-state index contributed by atoms with van der Waals surface area (Å²) in [5.41, 5.74) is 13.4. The Morgan fingerprint density at radius 3 is 2.32 bits per heavy atom. The van der Waals surface area contributed by atoms with Gasteiger partial charge in [0.15, 0.2) is 5.65 Å². The third-order valence-corrected chi connectivity index (χ3v) is 3.77. The van der Waals surface area contributed by atoms with E-state index < -0.39 is 0 Å². The van der Waals surface area contributed by atoms with Gasteiger partial charge in [-0.05, 0) is 43.3 Å². The molecule has 4 N–H and O–H groups in total. The molecule has 0 atom stereocenters. The van der Waals surface area contributed by atoms with Crippen molar-refractivity contribution >= 4 is 17.8 Å². The zero-order valence-corrected chi connectivity index (χ0v) is 16.0. The van der Waals surface area contributed by atoms with Gasteiger partial charge >= 0.3 is 0 Å². The van der Waals surface area contributed by atoms with Crippen LogP contribution in [0.3, 0.4) is 0 Å². The second-order valence-electron chi connectivity index (χ2n) is 5.59. The number of fused-ring (bicyclic) bond motifs is 1. The molecule has 0 aliphatic carbocycles. The Morgan fingerprint density at radius 2 is 1.75 bits per heavy atom. The number of rotatable bonds is 3. The number of hydrogen-bond acceptors (Lipinski definition) is 6. The third kappa shape index (κ3) is 5.21. The van der Waals surface area contributed by atoms with Gasteiger partial charge in [0, 0.05) is 11.8 Å². The summed E-state index contributed by atoms with van der Waals surface area (Å²) in [6.07, 6.45) is 3.54. The number of aromatic nitrogens is 4. The largest absolute Gasteiger partial charge is 0.384 e. The van der Waals surface area contributed by atoms with Crippen molar-refractivity contribution in [1.29, 1.82) is 0 Å². The normalized spacial score (nSPS) is 9.68. The molecular formula is C21H24N6O. The molecule has 144 valence electrons. The van der Waals surface area contributed by atoms with E-state index >= 15 is 0 Å². The first-order valence-electron chi connectivity index (χ1n) is 8.85. The highest BCUT2D eigenvalue weighted by Gasteiger charge is 2.09. The number of nitrogens with zero attached hydrogens (tertiary/aromatic N) is 4. The van der Waals surface area contributed by atoms with E-state index in [1.54, 1.807) is 18.3 Å². The molecule has 3 heterocycles. The van der Waals surface area contributed by atoms with Crippen LogP contribution in [-0.2, 0) is 6.42 Å². The number of nitrogens with two attached hydrogens (primary N) is 2. The van der Waals surface area contributed by atoms with Crippen molar-refractivity contribution < 1.29 is 4.79 Å². The number of aryl methyl sites for hydroxylation is 1. The number of pyridine rings is 2. The predicted molar refractivity (Wildman–Crippen MR) is 112 cm³/mol. The van der Waals surface area contributed by atoms with E-state index in [1.807, 2.05) is 24.3 Å². The van der Waals surface area contributed by atoms with Crippen LogP contribution in [0, 0.1) is 0 Å². The van der Waals surface area contributed by atoms with Crippen LogP contribution in [0.2, 0.25) is 0 Å². The topological polar surface area (TPSA) is 112 Å². The average molecular weight is 376 g/mol. The monoisotopic (exact) mass is 376 g/mol. The zero-order chi connectivity index (χ0) is 20.4. The molecule has 1 aromatic carbocycles. The number of carbonyl (C=O) groups excluding carboxylic acids is 1. The van der Waals surface area contributed by atoms with Crippen LogP contribution >= 0.6 is 0 Å². The van der Waals surface area contributed by atoms with Crippen LogP contribution in [0.15, 0.2) is 66.9 Å². The number of carbonyl (C=O) groups is 1. The highest BCUT2D eigenvalue weighted by molar-refractivity contribution is 5.78. The summed E-state index contributed by atoms with van der Waals surface area (Å²) in [4.78, 5) is 19.2. The lowest BCUT2D eigenvalue weighted by Gasteiger charge is -1.97. The van der Waals surface area contributed by atoms with Gasteiger partial charge in [0.25, 0.3) is 0 Å². The highest BCUT2D eigenvalue weighted by Crippen LogP contribution is 2.16. The van der Waals surface area contributed by atoms with Crippen LogP contribution in [0.5, 0.6) is 0 Å². The number of anilines is 1. The van der Waals surface area contributed by atoms with Crippen LogP contribution in [0.1, 0.15) is 22.8 Å². The first-order valence-corrected chi connectivity index (χ1v) is 8.85. The quantitative estimate of drug-likeness (QED) is 0.532. The van der Waals surface area contributed by atoms with E-state index in [1.165, 1.54) is 17.1 Å². The zero-order valence-electron chi connectivity index (χ0n) is 16.0. The van der Waals surface area contributed by atoms with Crippen molar-refractivity contribution in [1.82, 2.24) is 19.6 Å². The van der Waals surface area contributed by atoms with E-state index in [0.717, 1.165) is 12.7 Å². The van der Waals surface area contributed by atoms with Crippen molar-refractivity contribution in [3.63, 3.8) is 0 Å². The minimum atomic E-state index is 0.365. The first-order chi connectivity index (χ1) is 13.7. The highest BCUT2D eigenvalue weighted by atomic mass is 16.1. The molecule has 3 aromatic heterocycles. The molecule has 0 aliphatic heterocycles. The maximum atomic E-state index is 10.8. The van der Waals surface area contributed by atoms with E-state index in [2.05, 4.69) is 52.0 Å². The molecule has 0 spiro atoms. The summed E-state index contributed by atoms with van der Waals surface area (Å²) in [6.45, 7) is 2.16. The molecule has 0 aliphatic rings. The molecule has 0 fully saturated rings. The van der Waals surface area contributed by atoms with Crippen LogP contribution < -0.4 is 11.5 Å². The van der Waals surface area contributed by atoms with Gasteiger partial charge < -0.3 is 11.5 Å². The average Bonchev–Trinajstić information content (AvgIpc) is 3.22. The lowest BCUT2D eigenvalue weighted by molar-refractivity contribution is 0.112. The Hall–Kier alpha value is -3.58. The smallest absolute Gasteiger partial charge is 0.200 e. The van der Waals surface area contributed by atoms with Gasteiger partial charge in [-0.2, -0.15) is 4.52 Å². The molecule has 7 heteroatoms. The fraction of sp³-hybridized carbons (Fsp3) is 0.143. The number of benzene rings is 1. The van der Waals surface area contributed by atoms with E-state index in [4.69, 9.17) is 5.73 Å². The Labute approximate surface area is 164 Å². The number of aldehydes is 1. The summed E-state index contributed by atoms with van der Waals surface area (Å²) < 4.78 is 1.48. The summed E-state index contributed by atoms with van der Waals surface area (Å²) in [5.74, 6) is 0.842. The molecule has 4 aromatic rings. The van der Waals surface area contributed by atoms with Crippen molar-refractivity contribution in [2.24, 2.45) is 5.73 Å². The molecule has 0 amide bonds. The molecular weight excluding hydrogens is 352 g/mol. The molecule has 0 radical (unpaired) electrons. The van der Waals surface area contributed by atoms with E-state index in [9.17, 15) is 4.79 Å². The van der Waals surface area contributed by atoms with Crippen LogP contribution in [-0.4, -0.2) is 32.9 Å². The Bertz CT molecular complexity index is 1000. The van der Waals surface area contributed by atoms with Gasteiger partial charge in [0.1, 0.15) is 17.8 Å². The Kier molecular flexibility index (Phi) is 7.80. The SMILES string of the molecule is CCc1ccccc1.CN.Nc1cc(C=O)cc2nc(-c3ccccn3)nn12. The van der Waals surface area contributed by atoms with Gasteiger partial charge in [-0.1, -0.05) is 43.3 Å². The summed E-state index contributed by atoms with van der Waals surface area (Å²) >= 11 is 0. The van der Waals surface area contributed by atoms with Crippen molar-refractivity contribution in [3.05, 3.63) is 78.0 Å². The second kappa shape index (κ2) is 10.5. The second-order valence-corrected chi connectivity index (χ2v) is 5.59. The minimum Gasteiger partial charge on any atom is -0.384 e. The fourth-order valence-electron chi connectivity index (χ4n) is 2.42. The number of nitrogen functional groups attached to an aromatic ring is 1. The van der Waals surface area contributed by atoms with Crippen molar-refractivity contribution in [2.75, 3.05) is 12.8 Å². The van der Waals surface area contributed by atoms with Gasteiger partial charge in [-0.3, -0.25) is 9.78 Å². The summed E-state index contributed by atoms with van der Waals surface area (Å²) in [5, 5.41) is 4.26. The minimum absolute atomic E-state index is 0.365. The van der Waals surface area contributed by atoms with E-state index in [0.29, 0.717) is 28.5 Å². The van der Waals surface area contributed by atoms with Crippen molar-refractivity contribution in [3.8, 4) is 11.5 Å². The molecule has 4 rings (SSSR count). The fourth-order valence-corrected chi connectivity index (χ4v) is 2.42. The maximum absolute atomic E-state index is 10.8. The van der Waals surface area contributed by atoms with Crippen LogP contribution in [0.25, 0.3) is 17.2 Å². The first kappa shape index (κ1) is 20.7. The molecule has 0 saturated heterocycles. The molecule has 0 bridgehead atoms. The van der Waals surface area contributed by atoms with Gasteiger partial charge in [-0.25, -0.2) is 4.98 Å². The van der Waals surface area contributed by atoms with E-state index in [-0.39, 0.29) is 0 Å². The lowest BCUT2D eigenvalue weighted by atomic mass is 10.2. The maximum Gasteiger partial charge on any atom is 0.200 e. The van der Waals surface area contributed by atoms with Crippen molar-refractivity contribution in [2.45, 2.75) is 13.3 Å². The van der Waals surface area contributed by atoms with Gasteiger partial charge in [-0.15, -0.1) is 5.10 Å². The molecule has 7 nitrogen and oxygen atoms in total.